The molecule has 0 spiro atoms. The van der Waals surface area contributed by atoms with E-state index in [2.05, 4.69) is 21.2 Å². The molecular formula is C20H24BrN3O4. The Morgan fingerprint density at radius 1 is 1.32 bits per heavy atom. The molecule has 2 aromatic rings. The summed E-state index contributed by atoms with van der Waals surface area (Å²) in [5.41, 5.74) is 6.46. The van der Waals surface area contributed by atoms with Crippen LogP contribution in [0.3, 0.4) is 0 Å². The normalized spacial score (nSPS) is 12.9. The van der Waals surface area contributed by atoms with E-state index in [-0.39, 0.29) is 19.0 Å². The van der Waals surface area contributed by atoms with E-state index in [9.17, 15) is 9.90 Å². The molecule has 0 radical (unpaired) electrons. The average molecular weight is 450 g/mol. The lowest BCUT2D eigenvalue weighted by atomic mass is 9.89. The molecular weight excluding hydrogens is 426 g/mol. The predicted octanol–water partition coefficient (Wildman–Crippen LogP) is 3.08. The summed E-state index contributed by atoms with van der Waals surface area (Å²) in [4.78, 5) is 12.3. The number of carboxylic acids is 1. The molecule has 0 saturated carbocycles. The maximum atomic E-state index is 12.3. The molecule has 0 heterocycles. The van der Waals surface area contributed by atoms with E-state index in [1.165, 1.54) is 0 Å². The average Bonchev–Trinajstić information content (AvgIpc) is 2.66. The summed E-state index contributed by atoms with van der Waals surface area (Å²) in [6, 6.07) is 10.3. The van der Waals surface area contributed by atoms with Crippen LogP contribution in [0.1, 0.15) is 30.5 Å². The first-order chi connectivity index (χ1) is 13.2. The number of aliphatic hydroxyl groups excluding tert-OH is 1. The number of aliphatic hydroxyl groups is 1. The van der Waals surface area contributed by atoms with Gasteiger partial charge < -0.3 is 26.0 Å². The Morgan fingerprint density at radius 3 is 2.46 bits per heavy atom. The molecule has 0 aromatic heterocycles. The minimum Gasteiger partial charge on any atom is -0.490 e. The number of rotatable bonds is 9. The van der Waals surface area contributed by atoms with Crippen molar-refractivity contribution in [1.29, 1.82) is 5.41 Å². The predicted molar refractivity (Wildman–Crippen MR) is 112 cm³/mol. The zero-order valence-electron chi connectivity index (χ0n) is 15.8. The van der Waals surface area contributed by atoms with Crippen molar-refractivity contribution in [1.82, 2.24) is 0 Å². The van der Waals surface area contributed by atoms with E-state index < -0.39 is 11.5 Å². The monoisotopic (exact) mass is 449 g/mol. The number of amidine groups is 1. The molecule has 0 saturated heterocycles. The van der Waals surface area contributed by atoms with Crippen LogP contribution in [0.15, 0.2) is 40.9 Å². The van der Waals surface area contributed by atoms with E-state index in [1.807, 2.05) is 13.0 Å². The van der Waals surface area contributed by atoms with Crippen molar-refractivity contribution in [2.75, 3.05) is 18.5 Å². The number of nitrogen functional groups attached to an aromatic ring is 1. The number of nitrogens with two attached hydrogens (primary N) is 1. The van der Waals surface area contributed by atoms with Gasteiger partial charge in [0.25, 0.3) is 0 Å². The lowest BCUT2D eigenvalue weighted by molar-refractivity contribution is -0.142. The van der Waals surface area contributed by atoms with Gasteiger partial charge in [-0.3, -0.25) is 5.41 Å². The maximum Gasteiger partial charge on any atom is 0.333 e. The van der Waals surface area contributed by atoms with Crippen molar-refractivity contribution in [3.63, 3.8) is 0 Å². The van der Waals surface area contributed by atoms with Gasteiger partial charge in [0.1, 0.15) is 18.2 Å². The molecule has 0 aliphatic carbocycles. The van der Waals surface area contributed by atoms with Crippen molar-refractivity contribution < 1.29 is 19.7 Å². The lowest BCUT2D eigenvalue weighted by Gasteiger charge is -2.31. The highest BCUT2D eigenvalue weighted by molar-refractivity contribution is 9.10. The van der Waals surface area contributed by atoms with Gasteiger partial charge in [0.15, 0.2) is 5.54 Å². The van der Waals surface area contributed by atoms with Gasteiger partial charge in [0.05, 0.1) is 11.1 Å². The molecule has 1 unspecified atom stereocenters. The third-order valence-corrected chi connectivity index (χ3v) is 5.00. The Balaban J connectivity index is 2.55. The molecule has 0 fully saturated rings. The van der Waals surface area contributed by atoms with Crippen LogP contribution in [0.4, 0.5) is 5.69 Å². The summed E-state index contributed by atoms with van der Waals surface area (Å²) >= 11 is 3.46. The van der Waals surface area contributed by atoms with Gasteiger partial charge in [0.2, 0.25) is 0 Å². The molecule has 0 amide bonds. The van der Waals surface area contributed by atoms with Crippen LogP contribution < -0.4 is 15.8 Å². The van der Waals surface area contributed by atoms with E-state index in [0.717, 1.165) is 12.0 Å². The molecule has 6 N–H and O–H groups in total. The number of carboxylic acid groups (broad SMARTS) is 1. The van der Waals surface area contributed by atoms with Crippen LogP contribution in [0.2, 0.25) is 0 Å². The first kappa shape index (κ1) is 21.7. The van der Waals surface area contributed by atoms with Gasteiger partial charge >= 0.3 is 5.97 Å². The van der Waals surface area contributed by atoms with E-state index in [1.54, 1.807) is 37.3 Å². The largest absolute Gasteiger partial charge is 0.490 e. The second-order valence-corrected chi connectivity index (χ2v) is 7.28. The third kappa shape index (κ3) is 4.63. The lowest BCUT2D eigenvalue weighted by Crippen LogP contribution is -2.41. The Bertz CT molecular complexity index is 870. The van der Waals surface area contributed by atoms with Crippen LogP contribution in [-0.4, -0.2) is 35.2 Å². The summed E-state index contributed by atoms with van der Waals surface area (Å²) in [6.45, 7) is 3.39. The number of aryl methyl sites for hydroxylation is 1. The Morgan fingerprint density at radius 2 is 1.96 bits per heavy atom. The Hall–Kier alpha value is -2.58. The number of ether oxygens (including phenoxy) is 1. The number of benzene rings is 2. The summed E-state index contributed by atoms with van der Waals surface area (Å²) in [7, 11) is 0. The van der Waals surface area contributed by atoms with Gasteiger partial charge in [-0.25, -0.2) is 4.79 Å². The maximum absolute atomic E-state index is 12.3. The van der Waals surface area contributed by atoms with Crippen LogP contribution >= 0.6 is 15.9 Å². The molecule has 0 bridgehead atoms. The summed E-state index contributed by atoms with van der Waals surface area (Å²) in [5, 5.41) is 29.7. The molecule has 0 aliphatic rings. The summed E-state index contributed by atoms with van der Waals surface area (Å²) in [6.07, 6.45) is 0.717. The van der Waals surface area contributed by atoms with Crippen molar-refractivity contribution in [2.24, 2.45) is 5.73 Å². The van der Waals surface area contributed by atoms with Gasteiger partial charge in [-0.2, -0.15) is 0 Å². The topological polar surface area (TPSA) is 129 Å². The van der Waals surface area contributed by atoms with Crippen molar-refractivity contribution >= 4 is 33.4 Å². The summed E-state index contributed by atoms with van der Waals surface area (Å²) in [5.74, 6) is -0.784. The van der Waals surface area contributed by atoms with Gasteiger partial charge in [-0.15, -0.1) is 0 Å². The number of aliphatic carboxylic acids is 1. The second kappa shape index (κ2) is 9.07. The molecule has 1 atom stereocenters. The fourth-order valence-electron chi connectivity index (χ4n) is 2.78. The first-order valence-corrected chi connectivity index (χ1v) is 9.54. The van der Waals surface area contributed by atoms with Crippen LogP contribution in [0.25, 0.3) is 0 Å². The standard InChI is InChI=1S/C20H24BrN3O4/c1-3-12-10-15(17(16(21)11-12)28-9-8-25)20(2,19(26)27)24-14-6-4-13(5-7-14)18(22)23/h4-7,10-11,24-25H,3,8-9H2,1-2H3,(H3,22,23)(H,26,27). The molecule has 2 aromatic carbocycles. The smallest absolute Gasteiger partial charge is 0.333 e. The van der Waals surface area contributed by atoms with E-state index in [0.29, 0.717) is 27.0 Å². The number of anilines is 1. The van der Waals surface area contributed by atoms with E-state index >= 15 is 0 Å². The van der Waals surface area contributed by atoms with Gasteiger partial charge in [-0.05, 0) is 71.2 Å². The SMILES string of the molecule is CCc1cc(Br)c(OCCO)c(C(C)(Nc2ccc(C(=N)N)cc2)C(=O)O)c1. The van der Waals surface area contributed by atoms with Crippen LogP contribution in [0.5, 0.6) is 5.75 Å². The van der Waals surface area contributed by atoms with Crippen LogP contribution in [0, 0.1) is 5.41 Å². The molecule has 0 aliphatic heterocycles. The van der Waals surface area contributed by atoms with Crippen LogP contribution in [-0.2, 0) is 16.8 Å². The molecule has 2 rings (SSSR count). The first-order valence-electron chi connectivity index (χ1n) is 8.75. The van der Waals surface area contributed by atoms with Crippen molar-refractivity contribution in [3.8, 4) is 5.75 Å². The third-order valence-electron chi connectivity index (χ3n) is 4.41. The zero-order valence-corrected chi connectivity index (χ0v) is 17.3. The van der Waals surface area contributed by atoms with Crippen molar-refractivity contribution in [2.45, 2.75) is 25.8 Å². The second-order valence-electron chi connectivity index (χ2n) is 6.43. The fraction of sp³-hybridized carbons (Fsp3) is 0.300. The summed E-state index contributed by atoms with van der Waals surface area (Å²) < 4.78 is 6.28. The Kier molecular flexibility index (Phi) is 7.04. The number of carbonyl (C=O) groups is 1. The van der Waals surface area contributed by atoms with E-state index in [4.69, 9.17) is 21.0 Å². The fourth-order valence-corrected chi connectivity index (χ4v) is 3.40. The highest BCUT2D eigenvalue weighted by atomic mass is 79.9. The zero-order chi connectivity index (χ0) is 20.9. The van der Waals surface area contributed by atoms with Crippen molar-refractivity contribution in [3.05, 3.63) is 57.6 Å². The number of hydrogen-bond donors (Lipinski definition) is 5. The minimum absolute atomic E-state index is 0.0417. The highest BCUT2D eigenvalue weighted by Gasteiger charge is 2.39. The highest BCUT2D eigenvalue weighted by Crippen LogP contribution is 2.39. The molecule has 28 heavy (non-hydrogen) atoms. The molecule has 8 heteroatoms. The number of nitrogens with one attached hydrogen (secondary N) is 2. The van der Waals surface area contributed by atoms with Gasteiger partial charge in [-0.1, -0.05) is 6.92 Å². The quantitative estimate of drug-likeness (QED) is 0.295. The molecule has 150 valence electrons. The number of hydrogen-bond acceptors (Lipinski definition) is 5. The molecule has 7 nitrogen and oxygen atoms in total. The van der Waals surface area contributed by atoms with Gasteiger partial charge in [0, 0.05) is 16.8 Å². The minimum atomic E-state index is -1.50. The Labute approximate surface area is 172 Å². The number of halogens is 1.